The van der Waals surface area contributed by atoms with E-state index >= 15 is 0 Å². The molecule has 296 valence electrons. The maximum Gasteiger partial charge on any atom is 0.136 e. The maximum absolute atomic E-state index is 6.42. The van der Waals surface area contributed by atoms with Gasteiger partial charge in [-0.3, -0.25) is 0 Å². The van der Waals surface area contributed by atoms with Crippen LogP contribution in [0.1, 0.15) is 25.0 Å². The van der Waals surface area contributed by atoms with E-state index in [1.807, 2.05) is 6.07 Å². The van der Waals surface area contributed by atoms with Gasteiger partial charge in [0.1, 0.15) is 11.2 Å². The maximum atomic E-state index is 6.42. The van der Waals surface area contributed by atoms with Crippen LogP contribution in [-0.2, 0) is 5.41 Å². The van der Waals surface area contributed by atoms with E-state index in [1.165, 1.54) is 87.4 Å². The van der Waals surface area contributed by atoms with Crippen LogP contribution < -0.4 is 4.90 Å². The molecule has 12 aromatic rings. The smallest absolute Gasteiger partial charge is 0.136 e. The number of hydrogen-bond acceptors (Lipinski definition) is 2. The summed E-state index contributed by atoms with van der Waals surface area (Å²) in [6.07, 6.45) is 0. The average Bonchev–Trinajstić information content (AvgIpc) is 3.83. The fourth-order valence-electron chi connectivity index (χ4n) is 10.8. The average molecular weight is 804 g/mol. The Labute approximate surface area is 365 Å². The molecule has 2 nitrogen and oxygen atoms in total. The number of furan rings is 1. The summed E-state index contributed by atoms with van der Waals surface area (Å²) in [4.78, 5) is 2.43. The van der Waals surface area contributed by atoms with Crippen LogP contribution in [0.4, 0.5) is 17.1 Å². The molecule has 0 aliphatic heterocycles. The minimum absolute atomic E-state index is 0.125. The van der Waals surface area contributed by atoms with Crippen molar-refractivity contribution in [2.24, 2.45) is 0 Å². The highest BCUT2D eigenvalue weighted by atomic mass is 16.3. The fourth-order valence-corrected chi connectivity index (χ4v) is 10.8. The molecule has 0 saturated carbocycles. The van der Waals surface area contributed by atoms with Gasteiger partial charge in [0.25, 0.3) is 0 Å². The Kier molecular flexibility index (Phi) is 7.68. The van der Waals surface area contributed by atoms with E-state index in [0.717, 1.165) is 39.2 Å². The number of rotatable bonds is 5. The molecule has 0 atom stereocenters. The van der Waals surface area contributed by atoms with Gasteiger partial charge in [0.05, 0.1) is 0 Å². The number of benzene rings is 11. The van der Waals surface area contributed by atoms with Gasteiger partial charge in [0.15, 0.2) is 0 Å². The zero-order chi connectivity index (χ0) is 41.8. The monoisotopic (exact) mass is 803 g/mol. The zero-order valence-corrected chi connectivity index (χ0v) is 35.1. The molecular formula is C61H41NO. The summed E-state index contributed by atoms with van der Waals surface area (Å²) >= 11 is 0. The summed E-state index contributed by atoms with van der Waals surface area (Å²) < 4.78 is 6.42. The standard InChI is InChI=1S/C61H41NO/c1-61(2)55-23-9-7-19-49(55)50-32-30-44(37-56(50)61)62(42-28-25-39(26-29-42)46-22-12-14-38-13-3-4-17-45(38)46)43-16-11-15-40(35-43)41-27-31-48-47-18-5-6-20-51(47)59-52(54(48)36-41)33-34-58-60(59)53-21-8-10-24-57(53)63-58/h3-37H,1-2H3. The lowest BCUT2D eigenvalue weighted by molar-refractivity contribution is 0.660. The molecule has 0 amide bonds. The third kappa shape index (κ3) is 5.38. The van der Waals surface area contributed by atoms with Gasteiger partial charge in [-0.15, -0.1) is 0 Å². The van der Waals surface area contributed by atoms with Crippen molar-refractivity contribution in [3.8, 4) is 33.4 Å². The predicted molar refractivity (Wildman–Crippen MR) is 267 cm³/mol. The van der Waals surface area contributed by atoms with Gasteiger partial charge >= 0.3 is 0 Å². The second kappa shape index (κ2) is 13.5. The summed E-state index contributed by atoms with van der Waals surface area (Å²) in [6.45, 7) is 4.72. The number of para-hydroxylation sites is 1. The molecule has 0 unspecified atom stereocenters. The normalized spacial score (nSPS) is 13.0. The molecule has 0 N–H and O–H groups in total. The Hall–Kier alpha value is -7.94. The molecule has 0 fully saturated rings. The van der Waals surface area contributed by atoms with E-state index in [-0.39, 0.29) is 5.41 Å². The van der Waals surface area contributed by atoms with E-state index in [0.29, 0.717) is 0 Å². The van der Waals surface area contributed by atoms with Gasteiger partial charge in [-0.1, -0.05) is 166 Å². The first kappa shape index (κ1) is 35.8. The van der Waals surface area contributed by atoms with Crippen molar-refractivity contribution in [3.05, 3.63) is 223 Å². The molecule has 0 bridgehead atoms. The van der Waals surface area contributed by atoms with Crippen molar-refractivity contribution in [1.82, 2.24) is 0 Å². The van der Waals surface area contributed by atoms with Crippen molar-refractivity contribution in [2.45, 2.75) is 19.3 Å². The first-order valence-corrected chi connectivity index (χ1v) is 21.9. The van der Waals surface area contributed by atoms with Crippen LogP contribution in [0.3, 0.4) is 0 Å². The highest BCUT2D eigenvalue weighted by Gasteiger charge is 2.35. The lowest BCUT2D eigenvalue weighted by Crippen LogP contribution is -2.16. The Morgan fingerprint density at radius 1 is 0.333 bits per heavy atom. The van der Waals surface area contributed by atoms with Crippen molar-refractivity contribution < 1.29 is 4.42 Å². The molecule has 63 heavy (non-hydrogen) atoms. The van der Waals surface area contributed by atoms with E-state index in [9.17, 15) is 0 Å². The molecule has 2 heteroatoms. The summed E-state index contributed by atoms with van der Waals surface area (Å²) in [5, 5.41) is 12.3. The minimum Gasteiger partial charge on any atom is -0.456 e. The second-order valence-corrected chi connectivity index (χ2v) is 17.6. The van der Waals surface area contributed by atoms with Gasteiger partial charge in [-0.05, 0) is 143 Å². The van der Waals surface area contributed by atoms with Gasteiger partial charge in [-0.25, -0.2) is 0 Å². The van der Waals surface area contributed by atoms with Gasteiger partial charge < -0.3 is 9.32 Å². The van der Waals surface area contributed by atoms with Crippen molar-refractivity contribution in [1.29, 1.82) is 0 Å². The Morgan fingerprint density at radius 2 is 0.937 bits per heavy atom. The molecule has 0 spiro atoms. The molecular weight excluding hydrogens is 763 g/mol. The first-order chi connectivity index (χ1) is 31.0. The summed E-state index contributed by atoms with van der Waals surface area (Å²) in [5.74, 6) is 0. The van der Waals surface area contributed by atoms with E-state index in [1.54, 1.807) is 0 Å². The highest BCUT2D eigenvalue weighted by Crippen LogP contribution is 2.51. The largest absolute Gasteiger partial charge is 0.456 e. The molecule has 0 radical (unpaired) electrons. The third-order valence-corrected chi connectivity index (χ3v) is 13.8. The molecule has 11 aromatic carbocycles. The molecule has 0 saturated heterocycles. The SMILES string of the molecule is CC1(C)c2ccccc2-c2ccc(N(c3ccc(-c4cccc5ccccc45)cc3)c3cccc(-c4ccc5c6ccccc6c6c(ccc7oc8ccccc8c76)c5c4)c3)cc21. The van der Waals surface area contributed by atoms with E-state index in [2.05, 4.69) is 225 Å². The van der Waals surface area contributed by atoms with Crippen molar-refractivity contribution in [3.63, 3.8) is 0 Å². The number of hydrogen-bond donors (Lipinski definition) is 0. The first-order valence-electron chi connectivity index (χ1n) is 21.9. The van der Waals surface area contributed by atoms with Crippen LogP contribution in [0.15, 0.2) is 217 Å². The highest BCUT2D eigenvalue weighted by molar-refractivity contribution is 6.34. The predicted octanol–water partition coefficient (Wildman–Crippen LogP) is 17.3. The van der Waals surface area contributed by atoms with Gasteiger partial charge in [0, 0.05) is 38.6 Å². The summed E-state index contributed by atoms with van der Waals surface area (Å²) in [5.41, 5.74) is 15.2. The molecule has 1 aliphatic carbocycles. The Balaban J connectivity index is 0.987. The van der Waals surface area contributed by atoms with Crippen LogP contribution in [-0.4, -0.2) is 0 Å². The van der Waals surface area contributed by atoms with Gasteiger partial charge in [0.2, 0.25) is 0 Å². The number of fused-ring (bicyclic) bond motifs is 14. The summed E-state index contributed by atoms with van der Waals surface area (Å²) in [7, 11) is 0. The topological polar surface area (TPSA) is 16.4 Å². The minimum atomic E-state index is -0.125. The summed E-state index contributed by atoms with van der Waals surface area (Å²) in [6, 6.07) is 78.0. The molecule has 13 rings (SSSR count). The number of nitrogens with zero attached hydrogens (tertiary/aromatic N) is 1. The zero-order valence-electron chi connectivity index (χ0n) is 35.1. The molecule has 1 aromatic heterocycles. The second-order valence-electron chi connectivity index (χ2n) is 17.6. The third-order valence-electron chi connectivity index (χ3n) is 13.8. The molecule has 1 heterocycles. The van der Waals surface area contributed by atoms with Crippen LogP contribution in [0.2, 0.25) is 0 Å². The fraction of sp³-hybridized carbons (Fsp3) is 0.0492. The van der Waals surface area contributed by atoms with E-state index in [4.69, 9.17) is 4.42 Å². The van der Waals surface area contributed by atoms with Crippen LogP contribution >= 0.6 is 0 Å². The number of anilines is 3. The van der Waals surface area contributed by atoms with Crippen molar-refractivity contribution >= 4 is 82.1 Å². The lowest BCUT2D eigenvalue weighted by Gasteiger charge is -2.28. The quantitative estimate of drug-likeness (QED) is 0.161. The van der Waals surface area contributed by atoms with Crippen LogP contribution in [0.25, 0.3) is 98.4 Å². The van der Waals surface area contributed by atoms with Crippen molar-refractivity contribution in [2.75, 3.05) is 4.90 Å². The Bertz CT molecular complexity index is 3830. The lowest BCUT2D eigenvalue weighted by atomic mass is 9.82. The van der Waals surface area contributed by atoms with E-state index < -0.39 is 0 Å². The van der Waals surface area contributed by atoms with Gasteiger partial charge in [-0.2, -0.15) is 0 Å². The molecule has 1 aliphatic rings. The Morgan fingerprint density at radius 3 is 1.83 bits per heavy atom. The van der Waals surface area contributed by atoms with Crippen LogP contribution in [0, 0.1) is 0 Å². The van der Waals surface area contributed by atoms with Crippen LogP contribution in [0.5, 0.6) is 0 Å².